The van der Waals surface area contributed by atoms with E-state index in [0.29, 0.717) is 0 Å². The van der Waals surface area contributed by atoms with Crippen molar-refractivity contribution in [2.75, 3.05) is 5.32 Å². The molecule has 0 unspecified atom stereocenters. The Morgan fingerprint density at radius 2 is 1.87 bits per heavy atom. The lowest BCUT2D eigenvalue weighted by Crippen LogP contribution is -2.45. The number of benzene rings is 2. The van der Waals surface area contributed by atoms with Gasteiger partial charge in [0.1, 0.15) is 11.1 Å². The summed E-state index contributed by atoms with van der Waals surface area (Å²) in [7, 11) is 0. The summed E-state index contributed by atoms with van der Waals surface area (Å²) in [5.74, 6) is -3.04. The molecule has 0 bridgehead atoms. The summed E-state index contributed by atoms with van der Waals surface area (Å²) in [6, 6.07) is 10.0. The van der Waals surface area contributed by atoms with Gasteiger partial charge in [-0.3, -0.25) is 29.8 Å². The van der Waals surface area contributed by atoms with Crippen molar-refractivity contribution in [1.29, 1.82) is 0 Å². The molecule has 3 aliphatic heterocycles. The number of carbonyl (C=O) groups is 3. The summed E-state index contributed by atoms with van der Waals surface area (Å²) in [5, 5.41) is 16.1. The number of imide groups is 1. The Bertz CT molecular complexity index is 1200. The maximum atomic E-state index is 13.3. The molecule has 4 atom stereocenters. The van der Waals surface area contributed by atoms with Crippen LogP contribution in [0.5, 0.6) is 0 Å². The highest BCUT2D eigenvalue weighted by molar-refractivity contribution is 6.32. The second-order valence-electron chi connectivity index (χ2n) is 7.60. The third-order valence-corrected chi connectivity index (χ3v) is 6.30. The second-order valence-corrected chi connectivity index (χ2v) is 8.01. The average Bonchev–Trinajstić information content (AvgIpc) is 3.24. The summed E-state index contributed by atoms with van der Waals surface area (Å²) in [6.45, 7) is 0. The van der Waals surface area contributed by atoms with E-state index in [1.807, 2.05) is 30.3 Å². The van der Waals surface area contributed by atoms with Crippen LogP contribution in [0, 0.1) is 22.0 Å². The molecule has 5 rings (SSSR count). The highest BCUT2D eigenvalue weighted by Gasteiger charge is 2.61. The molecule has 2 aromatic rings. The third kappa shape index (κ3) is 2.89. The number of hydrogen-bond donors (Lipinski definition) is 2. The topological polar surface area (TPSA) is 122 Å². The number of rotatable bonds is 3. The van der Waals surface area contributed by atoms with E-state index in [1.54, 1.807) is 11.1 Å². The van der Waals surface area contributed by atoms with E-state index in [9.17, 15) is 24.5 Å². The minimum absolute atomic E-state index is 0.0552. The summed E-state index contributed by atoms with van der Waals surface area (Å²) >= 11 is 5.84. The molecule has 0 aliphatic carbocycles. The smallest absolute Gasteiger partial charge is 0.289 e. The van der Waals surface area contributed by atoms with E-state index in [0.717, 1.165) is 17.2 Å². The SMILES string of the molecule is O=C1NC(=O)[C@H]2[C@@H]1[C@H](C(=O)Nc1ccc(Cl)c([N+](=O)[O-])c1)N1C=Cc3ccccc3[C@H]21. The average molecular weight is 439 g/mol. The summed E-state index contributed by atoms with van der Waals surface area (Å²) in [4.78, 5) is 50.7. The van der Waals surface area contributed by atoms with Crippen LogP contribution in [0.2, 0.25) is 5.02 Å². The fourth-order valence-corrected chi connectivity index (χ4v) is 4.91. The molecule has 10 heteroatoms. The van der Waals surface area contributed by atoms with Crippen molar-refractivity contribution in [3.8, 4) is 0 Å². The monoisotopic (exact) mass is 438 g/mol. The molecule has 31 heavy (non-hydrogen) atoms. The molecule has 2 fully saturated rings. The van der Waals surface area contributed by atoms with E-state index < -0.39 is 46.6 Å². The Balaban J connectivity index is 1.52. The quantitative estimate of drug-likeness (QED) is 0.431. The first-order valence-corrected chi connectivity index (χ1v) is 9.88. The van der Waals surface area contributed by atoms with Gasteiger partial charge in [0.25, 0.3) is 5.69 Å². The van der Waals surface area contributed by atoms with E-state index >= 15 is 0 Å². The van der Waals surface area contributed by atoms with Crippen LogP contribution in [0.25, 0.3) is 6.08 Å². The fraction of sp³-hybridized carbons (Fsp3) is 0.190. The van der Waals surface area contributed by atoms with Crippen LogP contribution >= 0.6 is 11.6 Å². The van der Waals surface area contributed by atoms with Crippen LogP contribution in [0.4, 0.5) is 11.4 Å². The molecule has 3 amide bonds. The van der Waals surface area contributed by atoms with Gasteiger partial charge >= 0.3 is 0 Å². The van der Waals surface area contributed by atoms with E-state index in [1.165, 1.54) is 12.1 Å². The number of nitro benzene ring substituents is 1. The second kappa shape index (κ2) is 6.92. The Hall–Kier alpha value is -3.72. The number of fused-ring (bicyclic) bond motifs is 5. The molecular formula is C21H15ClN4O5. The molecule has 3 heterocycles. The highest BCUT2D eigenvalue weighted by atomic mass is 35.5. The third-order valence-electron chi connectivity index (χ3n) is 5.98. The zero-order valence-corrected chi connectivity index (χ0v) is 16.6. The number of nitrogens with one attached hydrogen (secondary N) is 2. The van der Waals surface area contributed by atoms with Crippen molar-refractivity contribution < 1.29 is 19.3 Å². The number of nitro groups is 1. The van der Waals surface area contributed by atoms with Crippen molar-refractivity contribution in [2.24, 2.45) is 11.8 Å². The van der Waals surface area contributed by atoms with Gasteiger partial charge in [-0.05, 0) is 29.3 Å². The first-order valence-electron chi connectivity index (χ1n) is 9.51. The van der Waals surface area contributed by atoms with Crippen molar-refractivity contribution in [2.45, 2.75) is 12.1 Å². The van der Waals surface area contributed by atoms with Gasteiger partial charge < -0.3 is 10.2 Å². The Morgan fingerprint density at radius 1 is 1.13 bits per heavy atom. The Kier molecular flexibility index (Phi) is 4.30. The standard InChI is InChI=1S/C21H15ClN4O5/c22-13-6-5-11(9-14(13)26(30)31)23-21(29)18-16-15(19(27)24-20(16)28)17-12-4-2-1-3-10(12)7-8-25(17)18/h1-9,15-18H,(H,23,29)(H,24,27,28)/t15-,16+,17+,18+/m0/s1. The lowest BCUT2D eigenvalue weighted by molar-refractivity contribution is -0.384. The fourth-order valence-electron chi connectivity index (χ4n) is 4.72. The van der Waals surface area contributed by atoms with Crippen LogP contribution in [0.1, 0.15) is 17.2 Å². The first kappa shape index (κ1) is 19.3. The summed E-state index contributed by atoms with van der Waals surface area (Å²) in [6.07, 6.45) is 3.56. The molecule has 0 spiro atoms. The molecule has 3 aliphatic rings. The van der Waals surface area contributed by atoms with E-state index in [4.69, 9.17) is 11.6 Å². The van der Waals surface area contributed by atoms with Crippen molar-refractivity contribution >= 4 is 46.8 Å². The molecule has 2 aromatic carbocycles. The summed E-state index contributed by atoms with van der Waals surface area (Å²) < 4.78 is 0. The van der Waals surface area contributed by atoms with Crippen molar-refractivity contribution in [1.82, 2.24) is 10.2 Å². The number of carbonyl (C=O) groups excluding carboxylic acids is 3. The number of amides is 3. The minimum atomic E-state index is -0.958. The van der Waals surface area contributed by atoms with Crippen LogP contribution in [0.15, 0.2) is 48.7 Å². The normalized spacial score (nSPS) is 25.5. The van der Waals surface area contributed by atoms with Gasteiger partial charge in [0.05, 0.1) is 22.8 Å². The zero-order valence-electron chi connectivity index (χ0n) is 15.8. The predicted octanol–water partition coefficient (Wildman–Crippen LogP) is 2.49. The maximum Gasteiger partial charge on any atom is 0.289 e. The van der Waals surface area contributed by atoms with Crippen LogP contribution in [0.3, 0.4) is 0 Å². The minimum Gasteiger partial charge on any atom is -0.357 e. The highest BCUT2D eigenvalue weighted by Crippen LogP contribution is 2.50. The van der Waals surface area contributed by atoms with Gasteiger partial charge in [0.15, 0.2) is 0 Å². The van der Waals surface area contributed by atoms with Gasteiger partial charge in [-0.25, -0.2) is 0 Å². The molecule has 156 valence electrons. The number of nitrogens with zero attached hydrogens (tertiary/aromatic N) is 2. The van der Waals surface area contributed by atoms with Gasteiger partial charge in [0, 0.05) is 18.0 Å². The van der Waals surface area contributed by atoms with Gasteiger partial charge in [-0.15, -0.1) is 0 Å². The molecule has 0 saturated carbocycles. The summed E-state index contributed by atoms with van der Waals surface area (Å²) in [5.41, 5.74) is 1.61. The number of anilines is 1. The van der Waals surface area contributed by atoms with E-state index in [-0.39, 0.29) is 16.4 Å². The molecule has 2 N–H and O–H groups in total. The van der Waals surface area contributed by atoms with Gasteiger partial charge in [-0.2, -0.15) is 0 Å². The van der Waals surface area contributed by atoms with Crippen LogP contribution in [-0.2, 0) is 14.4 Å². The maximum absolute atomic E-state index is 13.3. The zero-order chi connectivity index (χ0) is 21.9. The lowest BCUT2D eigenvalue weighted by atomic mass is 9.84. The predicted molar refractivity (Wildman–Crippen MR) is 111 cm³/mol. The van der Waals surface area contributed by atoms with Crippen LogP contribution < -0.4 is 10.6 Å². The van der Waals surface area contributed by atoms with Crippen molar-refractivity contribution in [3.05, 3.63) is 74.9 Å². The molecule has 9 nitrogen and oxygen atoms in total. The van der Waals surface area contributed by atoms with E-state index in [2.05, 4.69) is 10.6 Å². The number of halogens is 1. The molecule has 0 aromatic heterocycles. The Morgan fingerprint density at radius 3 is 2.65 bits per heavy atom. The lowest BCUT2D eigenvalue weighted by Gasteiger charge is -2.34. The largest absolute Gasteiger partial charge is 0.357 e. The Labute approximate surface area is 180 Å². The molecule has 2 saturated heterocycles. The van der Waals surface area contributed by atoms with Gasteiger partial charge in [0.2, 0.25) is 17.7 Å². The van der Waals surface area contributed by atoms with Crippen molar-refractivity contribution in [3.63, 3.8) is 0 Å². The van der Waals surface area contributed by atoms with Crippen LogP contribution in [-0.4, -0.2) is 33.6 Å². The number of hydrogen-bond acceptors (Lipinski definition) is 6. The van der Waals surface area contributed by atoms with Gasteiger partial charge in [-0.1, -0.05) is 35.9 Å². The molecule has 0 radical (unpaired) electrons. The molecular weight excluding hydrogens is 424 g/mol. The first-order chi connectivity index (χ1) is 14.9.